The Morgan fingerprint density at radius 2 is 2.00 bits per heavy atom. The van der Waals surface area contributed by atoms with Crippen LogP contribution in [-0.2, 0) is 21.4 Å². The van der Waals surface area contributed by atoms with Crippen molar-refractivity contribution in [2.24, 2.45) is 0 Å². The number of sulfonamides is 1. The number of carbonyl (C=O) groups is 1. The fourth-order valence-electron chi connectivity index (χ4n) is 2.22. The van der Waals surface area contributed by atoms with Gasteiger partial charge in [-0.2, -0.15) is 4.31 Å². The molecule has 0 spiro atoms. The highest BCUT2D eigenvalue weighted by Gasteiger charge is 2.27. The standard InChI is InChI=1S/C17H20ClN3O5S/c18-8-2-10-26-15-4-6-16(7-5-15)27(24,25)21(13-17(22)20-23)12-14-3-1-9-19-11-14/h1,3-7,9,11,23H,2,8,10,12-13H2,(H,20,22). The third-order valence-electron chi connectivity index (χ3n) is 3.53. The molecule has 0 aliphatic rings. The molecule has 1 heterocycles. The van der Waals surface area contributed by atoms with E-state index in [1.165, 1.54) is 35.9 Å². The molecule has 0 unspecified atom stereocenters. The van der Waals surface area contributed by atoms with Crippen LogP contribution in [0.15, 0.2) is 53.7 Å². The molecule has 0 bridgehead atoms. The summed E-state index contributed by atoms with van der Waals surface area (Å²) in [6.45, 7) is -0.182. The van der Waals surface area contributed by atoms with Crippen molar-refractivity contribution < 1.29 is 23.2 Å². The summed E-state index contributed by atoms with van der Waals surface area (Å²) in [7, 11) is -3.99. The minimum Gasteiger partial charge on any atom is -0.494 e. The van der Waals surface area contributed by atoms with E-state index >= 15 is 0 Å². The Morgan fingerprint density at radius 1 is 1.26 bits per heavy atom. The molecule has 0 aliphatic heterocycles. The van der Waals surface area contributed by atoms with Crippen LogP contribution in [0.3, 0.4) is 0 Å². The molecule has 2 rings (SSSR count). The minimum atomic E-state index is -3.99. The number of aromatic nitrogens is 1. The average Bonchev–Trinajstić information content (AvgIpc) is 2.68. The molecule has 0 atom stereocenters. The lowest BCUT2D eigenvalue weighted by molar-refractivity contribution is -0.129. The Morgan fingerprint density at radius 3 is 2.59 bits per heavy atom. The fraction of sp³-hybridized carbons (Fsp3) is 0.294. The Labute approximate surface area is 162 Å². The van der Waals surface area contributed by atoms with E-state index in [0.29, 0.717) is 30.2 Å². The van der Waals surface area contributed by atoms with Gasteiger partial charge in [0, 0.05) is 24.8 Å². The van der Waals surface area contributed by atoms with Crippen molar-refractivity contribution in [1.82, 2.24) is 14.8 Å². The second-order valence-corrected chi connectivity index (χ2v) is 7.85. The molecule has 1 aromatic heterocycles. The monoisotopic (exact) mass is 413 g/mol. The number of hydrogen-bond acceptors (Lipinski definition) is 6. The topological polar surface area (TPSA) is 109 Å². The summed E-state index contributed by atoms with van der Waals surface area (Å²) in [5.41, 5.74) is 2.06. The summed E-state index contributed by atoms with van der Waals surface area (Å²) in [6, 6.07) is 9.24. The quantitative estimate of drug-likeness (QED) is 0.266. The molecule has 146 valence electrons. The van der Waals surface area contributed by atoms with Crippen LogP contribution in [0, 0.1) is 0 Å². The van der Waals surface area contributed by atoms with E-state index in [9.17, 15) is 13.2 Å². The SMILES string of the molecule is O=C(CN(Cc1cccnc1)S(=O)(=O)c1ccc(OCCCCl)cc1)NO. The van der Waals surface area contributed by atoms with Gasteiger partial charge in [0.1, 0.15) is 5.75 Å². The largest absolute Gasteiger partial charge is 0.494 e. The van der Waals surface area contributed by atoms with Gasteiger partial charge in [0.25, 0.3) is 5.91 Å². The second kappa shape index (κ2) is 10.2. The van der Waals surface area contributed by atoms with Crippen molar-refractivity contribution in [3.05, 3.63) is 54.4 Å². The summed E-state index contributed by atoms with van der Waals surface area (Å²) in [6.07, 6.45) is 3.75. The summed E-state index contributed by atoms with van der Waals surface area (Å²) < 4.78 is 32.3. The maximum atomic E-state index is 12.9. The van der Waals surface area contributed by atoms with Crippen LogP contribution >= 0.6 is 11.6 Å². The number of nitrogens with zero attached hydrogens (tertiary/aromatic N) is 2. The van der Waals surface area contributed by atoms with Crippen LogP contribution in [0.1, 0.15) is 12.0 Å². The van der Waals surface area contributed by atoms with Crippen LogP contribution in [0.25, 0.3) is 0 Å². The molecule has 1 amide bonds. The first-order valence-corrected chi connectivity index (χ1v) is 10.1. The van der Waals surface area contributed by atoms with Crippen molar-refractivity contribution in [2.45, 2.75) is 17.9 Å². The fourth-order valence-corrected chi connectivity index (χ4v) is 3.71. The third kappa shape index (κ3) is 6.17. The van der Waals surface area contributed by atoms with E-state index in [0.717, 1.165) is 4.31 Å². The van der Waals surface area contributed by atoms with Crippen molar-refractivity contribution >= 4 is 27.5 Å². The average molecular weight is 414 g/mol. The Bertz CT molecular complexity index is 831. The minimum absolute atomic E-state index is 0.00169. The first-order valence-electron chi connectivity index (χ1n) is 8.08. The molecule has 1 aromatic carbocycles. The van der Waals surface area contributed by atoms with E-state index < -0.39 is 22.5 Å². The molecule has 0 aliphatic carbocycles. The molecule has 0 radical (unpaired) electrons. The highest BCUT2D eigenvalue weighted by Crippen LogP contribution is 2.21. The van der Waals surface area contributed by atoms with Crippen LogP contribution < -0.4 is 10.2 Å². The van der Waals surface area contributed by atoms with Gasteiger partial charge in [-0.25, -0.2) is 13.9 Å². The zero-order chi connectivity index (χ0) is 19.7. The Balaban J connectivity index is 2.22. The number of rotatable bonds is 10. The Kier molecular flexibility index (Phi) is 7.99. The van der Waals surface area contributed by atoms with E-state index in [1.807, 2.05) is 0 Å². The number of alkyl halides is 1. The van der Waals surface area contributed by atoms with Gasteiger partial charge in [-0.15, -0.1) is 11.6 Å². The number of halogens is 1. The predicted molar refractivity (Wildman–Crippen MR) is 99.0 cm³/mol. The number of benzene rings is 1. The van der Waals surface area contributed by atoms with E-state index in [4.69, 9.17) is 21.5 Å². The van der Waals surface area contributed by atoms with E-state index in [-0.39, 0.29) is 11.4 Å². The molecule has 2 N–H and O–H groups in total. The van der Waals surface area contributed by atoms with Gasteiger partial charge < -0.3 is 4.74 Å². The summed E-state index contributed by atoms with van der Waals surface area (Å²) in [4.78, 5) is 15.5. The molecular formula is C17H20ClN3O5S. The van der Waals surface area contributed by atoms with Gasteiger partial charge in [0.2, 0.25) is 10.0 Å². The molecule has 27 heavy (non-hydrogen) atoms. The lowest BCUT2D eigenvalue weighted by Gasteiger charge is -2.21. The van der Waals surface area contributed by atoms with Gasteiger partial charge in [-0.1, -0.05) is 6.07 Å². The van der Waals surface area contributed by atoms with Crippen molar-refractivity contribution in [3.8, 4) is 5.75 Å². The smallest absolute Gasteiger partial charge is 0.258 e. The van der Waals surface area contributed by atoms with Gasteiger partial charge >= 0.3 is 0 Å². The molecule has 2 aromatic rings. The Hall–Kier alpha value is -2.20. The lowest BCUT2D eigenvalue weighted by Crippen LogP contribution is -2.39. The van der Waals surface area contributed by atoms with Gasteiger partial charge in [-0.05, 0) is 42.3 Å². The van der Waals surface area contributed by atoms with Crippen LogP contribution in [0.2, 0.25) is 0 Å². The normalized spacial score (nSPS) is 11.4. The van der Waals surface area contributed by atoms with Crippen molar-refractivity contribution in [1.29, 1.82) is 0 Å². The molecule has 8 nitrogen and oxygen atoms in total. The number of hydrogen-bond donors (Lipinski definition) is 2. The zero-order valence-corrected chi connectivity index (χ0v) is 16.0. The first kappa shape index (κ1) is 21.1. The summed E-state index contributed by atoms with van der Waals surface area (Å²) in [5, 5.41) is 8.77. The molecule has 0 fully saturated rings. The summed E-state index contributed by atoms with van der Waals surface area (Å²) >= 11 is 5.59. The highest BCUT2D eigenvalue weighted by atomic mass is 35.5. The lowest BCUT2D eigenvalue weighted by atomic mass is 10.3. The second-order valence-electron chi connectivity index (χ2n) is 5.53. The molecule has 0 saturated carbocycles. The van der Waals surface area contributed by atoms with Crippen LogP contribution in [0.5, 0.6) is 5.75 Å². The molecular weight excluding hydrogens is 394 g/mol. The van der Waals surface area contributed by atoms with Crippen molar-refractivity contribution in [3.63, 3.8) is 0 Å². The maximum absolute atomic E-state index is 12.9. The summed E-state index contributed by atoms with van der Waals surface area (Å²) in [5.74, 6) is 0.150. The van der Waals surface area contributed by atoms with E-state index in [2.05, 4.69) is 4.98 Å². The van der Waals surface area contributed by atoms with Gasteiger partial charge in [0.15, 0.2) is 0 Å². The van der Waals surface area contributed by atoms with Crippen molar-refractivity contribution in [2.75, 3.05) is 19.0 Å². The first-order chi connectivity index (χ1) is 13.0. The number of amides is 1. The van der Waals surface area contributed by atoms with Crippen LogP contribution in [-0.4, -0.2) is 47.9 Å². The van der Waals surface area contributed by atoms with Crippen LogP contribution in [0.4, 0.5) is 0 Å². The molecule has 0 saturated heterocycles. The zero-order valence-electron chi connectivity index (χ0n) is 14.4. The predicted octanol–water partition coefficient (Wildman–Crippen LogP) is 1.79. The van der Waals surface area contributed by atoms with Gasteiger partial charge in [0.05, 0.1) is 18.0 Å². The third-order valence-corrected chi connectivity index (χ3v) is 5.61. The highest BCUT2D eigenvalue weighted by molar-refractivity contribution is 7.89. The number of hydroxylamine groups is 1. The number of nitrogens with one attached hydrogen (secondary N) is 1. The number of carbonyl (C=O) groups excluding carboxylic acids is 1. The maximum Gasteiger partial charge on any atom is 0.258 e. The van der Waals surface area contributed by atoms with Gasteiger partial charge in [-0.3, -0.25) is 15.0 Å². The number of ether oxygens (including phenoxy) is 1. The number of pyridine rings is 1. The van der Waals surface area contributed by atoms with E-state index in [1.54, 1.807) is 18.3 Å². The molecule has 10 heteroatoms.